The molecule has 20 heavy (non-hydrogen) atoms. The molecule has 1 aromatic carbocycles. The smallest absolute Gasteiger partial charge is 0.256 e. The van der Waals surface area contributed by atoms with E-state index in [9.17, 15) is 9.18 Å². The average molecular weight is 290 g/mol. The summed E-state index contributed by atoms with van der Waals surface area (Å²) < 4.78 is 13.5. The fourth-order valence-electron chi connectivity index (χ4n) is 2.21. The van der Waals surface area contributed by atoms with Crippen LogP contribution in [0.3, 0.4) is 0 Å². The standard InChI is InChI=1S/C15H15FN2OS/c16-13-3-1-2-12(14(13)17)15(19)18(11-4-5-11)8-10-6-7-20-9-10/h1-3,6-7,9,11H,4-5,8,17H2. The third kappa shape index (κ3) is 2.54. The van der Waals surface area contributed by atoms with E-state index < -0.39 is 5.82 Å². The van der Waals surface area contributed by atoms with Crippen LogP contribution in [0.5, 0.6) is 0 Å². The minimum atomic E-state index is -0.540. The Labute approximate surface area is 120 Å². The van der Waals surface area contributed by atoms with Crippen LogP contribution in [0, 0.1) is 5.82 Å². The van der Waals surface area contributed by atoms with Crippen molar-refractivity contribution in [2.45, 2.75) is 25.4 Å². The van der Waals surface area contributed by atoms with Crippen molar-refractivity contribution < 1.29 is 9.18 Å². The number of nitrogens with two attached hydrogens (primary N) is 1. The Kier molecular flexibility index (Phi) is 3.44. The van der Waals surface area contributed by atoms with Crippen LogP contribution < -0.4 is 5.73 Å². The van der Waals surface area contributed by atoms with Crippen LogP contribution in [0.1, 0.15) is 28.8 Å². The summed E-state index contributed by atoms with van der Waals surface area (Å²) in [6, 6.07) is 6.64. The number of nitrogen functional groups attached to an aromatic ring is 1. The van der Waals surface area contributed by atoms with E-state index in [1.54, 1.807) is 22.3 Å². The predicted molar refractivity (Wildman–Crippen MR) is 78.0 cm³/mol. The maximum atomic E-state index is 13.5. The minimum Gasteiger partial charge on any atom is -0.396 e. The minimum absolute atomic E-state index is 0.0616. The first-order valence-corrected chi connectivity index (χ1v) is 7.47. The lowest BCUT2D eigenvalue weighted by molar-refractivity contribution is 0.0731. The van der Waals surface area contributed by atoms with Crippen molar-refractivity contribution >= 4 is 22.9 Å². The zero-order valence-corrected chi connectivity index (χ0v) is 11.7. The van der Waals surface area contributed by atoms with E-state index in [4.69, 9.17) is 5.73 Å². The summed E-state index contributed by atoms with van der Waals surface area (Å²) in [5.74, 6) is -0.724. The normalized spacial score (nSPS) is 14.2. The lowest BCUT2D eigenvalue weighted by Gasteiger charge is -2.23. The topological polar surface area (TPSA) is 46.3 Å². The zero-order chi connectivity index (χ0) is 14.1. The third-order valence-electron chi connectivity index (χ3n) is 3.46. The average Bonchev–Trinajstić information content (AvgIpc) is 3.15. The van der Waals surface area contributed by atoms with Gasteiger partial charge in [-0.05, 0) is 47.4 Å². The first-order valence-electron chi connectivity index (χ1n) is 6.53. The summed E-state index contributed by atoms with van der Waals surface area (Å²) in [7, 11) is 0. The van der Waals surface area contributed by atoms with Crippen LogP contribution >= 0.6 is 11.3 Å². The van der Waals surface area contributed by atoms with Crippen molar-refractivity contribution in [3.63, 3.8) is 0 Å². The first-order chi connectivity index (χ1) is 9.66. The molecular formula is C15H15FN2OS. The van der Waals surface area contributed by atoms with Crippen LogP contribution in [-0.2, 0) is 6.54 Å². The SMILES string of the molecule is Nc1c(F)cccc1C(=O)N(Cc1ccsc1)C1CC1. The Hall–Kier alpha value is -1.88. The quantitative estimate of drug-likeness (QED) is 0.878. The highest BCUT2D eigenvalue weighted by Gasteiger charge is 2.34. The monoisotopic (exact) mass is 290 g/mol. The van der Waals surface area contributed by atoms with Gasteiger partial charge in [-0.3, -0.25) is 4.79 Å². The van der Waals surface area contributed by atoms with Gasteiger partial charge in [0.1, 0.15) is 5.82 Å². The highest BCUT2D eigenvalue weighted by atomic mass is 32.1. The number of para-hydroxylation sites is 1. The molecule has 3 rings (SSSR count). The second-order valence-electron chi connectivity index (χ2n) is 5.00. The van der Waals surface area contributed by atoms with Crippen molar-refractivity contribution in [3.05, 3.63) is 52.0 Å². The van der Waals surface area contributed by atoms with Crippen molar-refractivity contribution in [1.29, 1.82) is 0 Å². The van der Waals surface area contributed by atoms with Gasteiger partial charge >= 0.3 is 0 Å². The van der Waals surface area contributed by atoms with Gasteiger partial charge in [0, 0.05) is 12.6 Å². The number of halogens is 1. The maximum absolute atomic E-state index is 13.5. The van der Waals surface area contributed by atoms with Crippen LogP contribution in [0.15, 0.2) is 35.0 Å². The van der Waals surface area contributed by atoms with E-state index in [0.29, 0.717) is 6.54 Å². The molecule has 1 amide bonds. The number of hydrogen-bond donors (Lipinski definition) is 1. The van der Waals surface area contributed by atoms with E-state index in [1.165, 1.54) is 12.1 Å². The second kappa shape index (κ2) is 5.25. The number of amides is 1. The largest absolute Gasteiger partial charge is 0.396 e. The molecule has 1 aliphatic rings. The Balaban J connectivity index is 1.87. The number of nitrogens with zero attached hydrogens (tertiary/aromatic N) is 1. The third-order valence-corrected chi connectivity index (χ3v) is 4.20. The van der Waals surface area contributed by atoms with E-state index >= 15 is 0 Å². The molecule has 104 valence electrons. The number of hydrogen-bond acceptors (Lipinski definition) is 3. The fraction of sp³-hybridized carbons (Fsp3) is 0.267. The zero-order valence-electron chi connectivity index (χ0n) is 10.9. The highest BCUT2D eigenvalue weighted by molar-refractivity contribution is 7.07. The molecule has 2 N–H and O–H groups in total. The molecule has 0 unspecified atom stereocenters. The van der Waals surface area contributed by atoms with Gasteiger partial charge in [-0.2, -0.15) is 11.3 Å². The van der Waals surface area contributed by atoms with Gasteiger partial charge < -0.3 is 10.6 Å². The number of anilines is 1. The Bertz CT molecular complexity index is 623. The number of carbonyl (C=O) groups excluding carboxylic acids is 1. The lowest BCUT2D eigenvalue weighted by Crippen LogP contribution is -2.33. The van der Waals surface area contributed by atoms with Gasteiger partial charge in [0.25, 0.3) is 5.91 Å². The molecule has 0 aliphatic heterocycles. The van der Waals surface area contributed by atoms with Crippen molar-refractivity contribution in [1.82, 2.24) is 4.90 Å². The number of carbonyl (C=O) groups is 1. The molecule has 0 spiro atoms. The summed E-state index contributed by atoms with van der Waals surface area (Å²) in [6.45, 7) is 0.558. The number of rotatable bonds is 4. The molecule has 0 saturated heterocycles. The van der Waals surface area contributed by atoms with Gasteiger partial charge in [0.15, 0.2) is 0 Å². The van der Waals surface area contributed by atoms with Crippen molar-refractivity contribution in [2.24, 2.45) is 0 Å². The molecule has 1 saturated carbocycles. The molecule has 1 aliphatic carbocycles. The van der Waals surface area contributed by atoms with Gasteiger partial charge in [0.2, 0.25) is 0 Å². The van der Waals surface area contributed by atoms with E-state index in [0.717, 1.165) is 18.4 Å². The van der Waals surface area contributed by atoms with Crippen LogP contribution in [0.2, 0.25) is 0 Å². The lowest BCUT2D eigenvalue weighted by atomic mass is 10.1. The second-order valence-corrected chi connectivity index (χ2v) is 5.78. The predicted octanol–water partition coefficient (Wildman–Crippen LogP) is 3.27. The summed E-state index contributed by atoms with van der Waals surface area (Å²) in [5.41, 5.74) is 6.99. The Morgan fingerprint density at radius 2 is 2.20 bits per heavy atom. The Morgan fingerprint density at radius 1 is 1.40 bits per heavy atom. The van der Waals surface area contributed by atoms with Gasteiger partial charge in [-0.25, -0.2) is 4.39 Å². The molecule has 1 heterocycles. The number of benzene rings is 1. The van der Waals surface area contributed by atoms with Crippen molar-refractivity contribution in [2.75, 3.05) is 5.73 Å². The van der Waals surface area contributed by atoms with E-state index in [2.05, 4.69) is 0 Å². The van der Waals surface area contributed by atoms with Crippen LogP contribution in [0.25, 0.3) is 0 Å². The van der Waals surface area contributed by atoms with Crippen LogP contribution in [-0.4, -0.2) is 16.8 Å². The summed E-state index contributed by atoms with van der Waals surface area (Å²) in [6.07, 6.45) is 2.01. The summed E-state index contributed by atoms with van der Waals surface area (Å²) >= 11 is 1.60. The van der Waals surface area contributed by atoms with Gasteiger partial charge in [-0.15, -0.1) is 0 Å². The van der Waals surface area contributed by atoms with E-state index in [1.807, 2.05) is 16.8 Å². The van der Waals surface area contributed by atoms with E-state index in [-0.39, 0.29) is 23.2 Å². The van der Waals surface area contributed by atoms with Gasteiger partial charge in [-0.1, -0.05) is 6.07 Å². The summed E-state index contributed by atoms with van der Waals surface area (Å²) in [5, 5.41) is 4.01. The highest BCUT2D eigenvalue weighted by Crippen LogP contribution is 2.31. The summed E-state index contributed by atoms with van der Waals surface area (Å²) in [4.78, 5) is 14.4. The van der Waals surface area contributed by atoms with Crippen LogP contribution in [0.4, 0.5) is 10.1 Å². The molecule has 1 fully saturated rings. The molecule has 2 aromatic rings. The molecule has 0 radical (unpaired) electrons. The molecule has 5 heteroatoms. The Morgan fingerprint density at radius 3 is 2.85 bits per heavy atom. The fourth-order valence-corrected chi connectivity index (χ4v) is 2.87. The van der Waals surface area contributed by atoms with Gasteiger partial charge in [0.05, 0.1) is 11.3 Å². The molecule has 1 aromatic heterocycles. The first kappa shape index (κ1) is 13.1. The van der Waals surface area contributed by atoms with Crippen molar-refractivity contribution in [3.8, 4) is 0 Å². The maximum Gasteiger partial charge on any atom is 0.256 e. The molecule has 0 atom stereocenters. The molecule has 3 nitrogen and oxygen atoms in total. The molecular weight excluding hydrogens is 275 g/mol. The molecule has 0 bridgehead atoms. The number of thiophene rings is 1.